The van der Waals surface area contributed by atoms with Gasteiger partial charge in [-0.1, -0.05) is 0 Å². The van der Waals surface area contributed by atoms with E-state index in [1.165, 1.54) is 18.5 Å². The molecule has 0 radical (unpaired) electrons. The molecule has 244 valence electrons. The molecule has 15 heteroatoms. The lowest BCUT2D eigenvalue weighted by molar-refractivity contribution is -0.140. The molecule has 0 bridgehead atoms. The molecular formula is C31H32F3N5O6S. The van der Waals surface area contributed by atoms with Gasteiger partial charge in [0, 0.05) is 41.0 Å². The second kappa shape index (κ2) is 13.2. The van der Waals surface area contributed by atoms with Gasteiger partial charge < -0.3 is 19.5 Å². The summed E-state index contributed by atoms with van der Waals surface area (Å²) in [6.45, 7) is 2.64. The van der Waals surface area contributed by atoms with Crippen LogP contribution in [0.25, 0.3) is 21.7 Å². The average molecular weight is 660 g/mol. The molecule has 3 aromatic heterocycles. The number of hydrogen-bond acceptors (Lipinski definition) is 10. The van der Waals surface area contributed by atoms with Gasteiger partial charge in [0.25, 0.3) is 0 Å². The standard InChI is InChI=1S/C31H32F3N5O6S/c1-2-35-30(42)39-25-24(29(41)45-14-18-7-8-18)23(27-38-22(15-46-27)31(32,33)34)21(11-36-25)20-9-19(28(40)44-13-17-5-6-17)10-37-26(20)43-12-16-3-4-16/h9-11,15-18H,2-8,12-14H2,1H3,(H2,35,36,39,42). The summed E-state index contributed by atoms with van der Waals surface area (Å²) in [6, 6.07) is 0.773. The van der Waals surface area contributed by atoms with Crippen molar-refractivity contribution < 1.29 is 41.8 Å². The van der Waals surface area contributed by atoms with Crippen LogP contribution in [0, 0.1) is 17.8 Å². The van der Waals surface area contributed by atoms with E-state index in [-0.39, 0.29) is 70.2 Å². The van der Waals surface area contributed by atoms with Crippen LogP contribution < -0.4 is 15.4 Å². The maximum absolute atomic E-state index is 13.8. The summed E-state index contributed by atoms with van der Waals surface area (Å²) in [5, 5.41) is 5.72. The number of hydrogen-bond donors (Lipinski definition) is 2. The van der Waals surface area contributed by atoms with E-state index in [2.05, 4.69) is 25.6 Å². The van der Waals surface area contributed by atoms with Crippen LogP contribution in [-0.2, 0) is 15.7 Å². The molecule has 3 saturated carbocycles. The van der Waals surface area contributed by atoms with Gasteiger partial charge in [-0.05, 0) is 69.3 Å². The van der Waals surface area contributed by atoms with Gasteiger partial charge >= 0.3 is 24.1 Å². The van der Waals surface area contributed by atoms with Crippen molar-refractivity contribution in [3.8, 4) is 27.6 Å². The van der Waals surface area contributed by atoms with Crippen molar-refractivity contribution in [2.75, 3.05) is 31.7 Å². The topological polar surface area (TPSA) is 142 Å². The first kappa shape index (κ1) is 31.7. The number of alkyl halides is 3. The number of esters is 2. The lowest BCUT2D eigenvalue weighted by atomic mass is 9.97. The number of amides is 2. The van der Waals surface area contributed by atoms with Crippen LogP contribution in [0.4, 0.5) is 23.8 Å². The van der Waals surface area contributed by atoms with E-state index in [1.54, 1.807) is 6.92 Å². The van der Waals surface area contributed by atoms with Crippen molar-refractivity contribution >= 4 is 35.1 Å². The van der Waals surface area contributed by atoms with Crippen molar-refractivity contribution in [3.05, 3.63) is 40.7 Å². The van der Waals surface area contributed by atoms with Gasteiger partial charge in [-0.2, -0.15) is 13.2 Å². The van der Waals surface area contributed by atoms with E-state index in [1.807, 2.05) is 0 Å². The summed E-state index contributed by atoms with van der Waals surface area (Å²) < 4.78 is 58.4. The molecule has 0 saturated heterocycles. The molecule has 0 spiro atoms. The van der Waals surface area contributed by atoms with E-state index < -0.39 is 29.8 Å². The number of halogens is 3. The second-order valence-electron chi connectivity index (χ2n) is 11.7. The van der Waals surface area contributed by atoms with E-state index in [4.69, 9.17) is 14.2 Å². The third-order valence-corrected chi connectivity index (χ3v) is 8.54. The Morgan fingerprint density at radius 1 is 0.913 bits per heavy atom. The Morgan fingerprint density at radius 2 is 1.57 bits per heavy atom. The number of urea groups is 1. The van der Waals surface area contributed by atoms with Crippen molar-refractivity contribution in [1.82, 2.24) is 20.3 Å². The highest BCUT2D eigenvalue weighted by Crippen LogP contribution is 2.44. The summed E-state index contributed by atoms with van der Waals surface area (Å²) in [6.07, 6.45) is 3.49. The van der Waals surface area contributed by atoms with Gasteiger partial charge in [-0.15, -0.1) is 11.3 Å². The number of rotatable bonds is 13. The molecule has 0 atom stereocenters. The molecular weight excluding hydrogens is 627 g/mol. The van der Waals surface area contributed by atoms with Crippen LogP contribution in [0.2, 0.25) is 0 Å². The first-order chi connectivity index (χ1) is 22.1. The first-order valence-electron chi connectivity index (χ1n) is 15.2. The lowest BCUT2D eigenvalue weighted by Gasteiger charge is -2.19. The van der Waals surface area contributed by atoms with Crippen molar-refractivity contribution in [2.45, 2.75) is 51.6 Å². The van der Waals surface area contributed by atoms with Crippen LogP contribution in [-0.4, -0.2) is 59.3 Å². The molecule has 3 aliphatic rings. The lowest BCUT2D eigenvalue weighted by Crippen LogP contribution is -2.30. The highest BCUT2D eigenvalue weighted by Gasteiger charge is 2.36. The smallest absolute Gasteiger partial charge is 0.434 e. The summed E-state index contributed by atoms with van der Waals surface area (Å²) in [7, 11) is 0. The predicted octanol–water partition coefficient (Wildman–Crippen LogP) is 6.35. The molecule has 3 aliphatic carbocycles. The predicted molar refractivity (Wildman–Crippen MR) is 161 cm³/mol. The second-order valence-corrected chi connectivity index (χ2v) is 12.6. The molecule has 3 aromatic rings. The van der Waals surface area contributed by atoms with Gasteiger partial charge in [0.05, 0.1) is 25.4 Å². The number of carbonyl (C=O) groups is 3. The maximum Gasteiger partial charge on any atom is 0.434 e. The molecule has 3 fully saturated rings. The maximum atomic E-state index is 13.8. The van der Waals surface area contributed by atoms with E-state index in [0.29, 0.717) is 29.8 Å². The normalized spacial score (nSPS) is 16.1. The summed E-state index contributed by atoms with van der Waals surface area (Å²) >= 11 is 0.660. The molecule has 3 heterocycles. The van der Waals surface area contributed by atoms with Crippen LogP contribution in [0.15, 0.2) is 23.8 Å². The number of aromatic nitrogens is 3. The summed E-state index contributed by atoms with van der Waals surface area (Å²) in [4.78, 5) is 51.9. The van der Waals surface area contributed by atoms with E-state index in [9.17, 15) is 27.6 Å². The number of thiazole rings is 1. The van der Waals surface area contributed by atoms with Crippen LogP contribution in [0.3, 0.4) is 0 Å². The van der Waals surface area contributed by atoms with Crippen molar-refractivity contribution in [2.24, 2.45) is 17.8 Å². The number of ether oxygens (including phenoxy) is 3. The summed E-state index contributed by atoms with van der Waals surface area (Å²) in [5.41, 5.74) is -1.15. The molecule has 11 nitrogen and oxygen atoms in total. The monoisotopic (exact) mass is 659 g/mol. The zero-order valence-electron chi connectivity index (χ0n) is 24.9. The van der Waals surface area contributed by atoms with Crippen LogP contribution in [0.1, 0.15) is 71.9 Å². The Kier molecular flexibility index (Phi) is 9.11. The molecule has 2 N–H and O–H groups in total. The Balaban J connectivity index is 1.52. The molecule has 0 aromatic carbocycles. The minimum atomic E-state index is -4.76. The quantitative estimate of drug-likeness (QED) is 0.201. The third-order valence-electron chi connectivity index (χ3n) is 7.68. The third kappa shape index (κ3) is 7.74. The van der Waals surface area contributed by atoms with Gasteiger partial charge in [-0.25, -0.2) is 29.3 Å². The highest BCUT2D eigenvalue weighted by atomic mass is 32.1. The van der Waals surface area contributed by atoms with E-state index in [0.717, 1.165) is 43.9 Å². The van der Waals surface area contributed by atoms with Gasteiger partial charge in [0.1, 0.15) is 16.4 Å². The van der Waals surface area contributed by atoms with Crippen molar-refractivity contribution in [3.63, 3.8) is 0 Å². The molecule has 6 rings (SSSR count). The Morgan fingerprint density at radius 3 is 2.17 bits per heavy atom. The van der Waals surface area contributed by atoms with Gasteiger partial charge in [-0.3, -0.25) is 5.32 Å². The van der Waals surface area contributed by atoms with Gasteiger partial charge in [0.2, 0.25) is 5.88 Å². The molecule has 0 aliphatic heterocycles. The Hall–Kier alpha value is -4.27. The van der Waals surface area contributed by atoms with Gasteiger partial charge in [0.15, 0.2) is 5.69 Å². The SMILES string of the molecule is CCNC(=O)Nc1ncc(-c2cc(C(=O)OCC3CC3)cnc2OCC2CC2)c(-c2nc(C(F)(F)F)cs2)c1C(=O)OCC1CC1. The minimum absolute atomic E-state index is 0.0790. The largest absolute Gasteiger partial charge is 0.477 e. The zero-order valence-corrected chi connectivity index (χ0v) is 25.8. The fraction of sp³-hybridized carbons (Fsp3) is 0.484. The van der Waals surface area contributed by atoms with Crippen LogP contribution in [0.5, 0.6) is 5.88 Å². The molecule has 0 unspecified atom stereocenters. The first-order valence-corrected chi connectivity index (χ1v) is 16.1. The minimum Gasteiger partial charge on any atom is -0.477 e. The Bertz CT molecular complexity index is 1630. The fourth-order valence-electron chi connectivity index (χ4n) is 4.53. The Labute approximate surface area is 266 Å². The molecule has 46 heavy (non-hydrogen) atoms. The zero-order chi connectivity index (χ0) is 32.4. The van der Waals surface area contributed by atoms with Crippen LogP contribution >= 0.6 is 11.3 Å². The molecule has 2 amide bonds. The summed E-state index contributed by atoms with van der Waals surface area (Å²) in [5.74, 6) is -0.873. The highest BCUT2D eigenvalue weighted by molar-refractivity contribution is 7.13. The fourth-order valence-corrected chi connectivity index (χ4v) is 5.42. The van der Waals surface area contributed by atoms with Crippen molar-refractivity contribution in [1.29, 1.82) is 0 Å². The number of pyridine rings is 2. The number of carbonyl (C=O) groups excluding carboxylic acids is 3. The number of anilines is 1. The van der Waals surface area contributed by atoms with E-state index >= 15 is 0 Å². The number of nitrogens with one attached hydrogen (secondary N) is 2. The average Bonchev–Trinajstić information content (AvgIpc) is 3.91. The number of nitrogens with zero attached hydrogens (tertiary/aromatic N) is 3.